The number of rotatable bonds is 6. The minimum Gasteiger partial charge on any atom is -0.503 e. The fourth-order valence-corrected chi connectivity index (χ4v) is 2.46. The molecule has 0 bridgehead atoms. The Balaban J connectivity index is 1.85. The molecule has 1 heterocycles. The Bertz CT molecular complexity index is 781. The van der Waals surface area contributed by atoms with Gasteiger partial charge in [0.15, 0.2) is 5.75 Å². The van der Waals surface area contributed by atoms with Gasteiger partial charge in [0.2, 0.25) is 5.43 Å². The predicted octanol–water partition coefficient (Wildman–Crippen LogP) is 2.74. The zero-order valence-electron chi connectivity index (χ0n) is 14.8. The number of amides is 1. The summed E-state index contributed by atoms with van der Waals surface area (Å²) in [4.78, 5) is 23.3. The molecule has 0 saturated carbocycles. The van der Waals surface area contributed by atoms with E-state index in [-0.39, 0.29) is 18.4 Å². The van der Waals surface area contributed by atoms with Crippen LogP contribution in [0.4, 0.5) is 4.79 Å². The van der Waals surface area contributed by atoms with Crippen LogP contribution in [-0.2, 0) is 24.3 Å². The number of nitrogens with one attached hydrogen (secondary N) is 1. The van der Waals surface area contributed by atoms with Crippen molar-refractivity contribution in [3.63, 3.8) is 0 Å². The normalized spacial score (nSPS) is 11.8. The van der Waals surface area contributed by atoms with Gasteiger partial charge in [-0.2, -0.15) is 0 Å². The van der Waals surface area contributed by atoms with Crippen molar-refractivity contribution in [2.24, 2.45) is 0 Å². The molecule has 0 aliphatic carbocycles. The van der Waals surface area contributed by atoms with E-state index < -0.39 is 11.5 Å². The lowest BCUT2D eigenvalue weighted by Crippen LogP contribution is -2.36. The van der Waals surface area contributed by atoms with Gasteiger partial charge in [0.1, 0.15) is 6.61 Å². The van der Waals surface area contributed by atoms with Crippen LogP contribution in [0.5, 0.6) is 5.75 Å². The first kappa shape index (κ1) is 18.6. The number of hydrogen-bond acceptors (Lipinski definition) is 4. The molecular weight excluding hydrogens is 320 g/mol. The number of aromatic nitrogens is 1. The van der Waals surface area contributed by atoms with Crippen molar-refractivity contribution in [3.05, 3.63) is 63.6 Å². The summed E-state index contributed by atoms with van der Waals surface area (Å²) in [5.74, 6) is -0.271. The summed E-state index contributed by atoms with van der Waals surface area (Å²) in [6, 6.07) is 9.00. The lowest BCUT2D eigenvalue weighted by atomic mass is 10.1. The van der Waals surface area contributed by atoms with Crippen LogP contribution < -0.4 is 10.7 Å². The van der Waals surface area contributed by atoms with Crippen LogP contribution in [0.1, 0.15) is 30.7 Å². The van der Waals surface area contributed by atoms with Crippen molar-refractivity contribution < 1.29 is 14.6 Å². The van der Waals surface area contributed by atoms with Gasteiger partial charge in [0, 0.05) is 24.8 Å². The number of alkyl carbamates (subject to hydrolysis) is 1. The molecule has 1 amide bonds. The number of aromatic hydroxyl groups is 1. The predicted molar refractivity (Wildman–Crippen MR) is 95.7 cm³/mol. The highest BCUT2D eigenvalue weighted by atomic mass is 16.5. The molecule has 2 N–H and O–H groups in total. The molecule has 1 aromatic carbocycles. The molecule has 134 valence electrons. The number of aryl methyl sites for hydroxylation is 1. The Kier molecular flexibility index (Phi) is 6.22. The van der Waals surface area contributed by atoms with Gasteiger partial charge in [0.25, 0.3) is 0 Å². The third-order valence-corrected chi connectivity index (χ3v) is 4.05. The molecule has 1 aromatic heterocycles. The van der Waals surface area contributed by atoms with Crippen molar-refractivity contribution in [3.8, 4) is 5.75 Å². The smallest absolute Gasteiger partial charge is 0.407 e. The molecule has 6 nitrogen and oxygen atoms in total. The molecule has 0 saturated heterocycles. The summed E-state index contributed by atoms with van der Waals surface area (Å²) in [5, 5.41) is 12.4. The molecule has 25 heavy (non-hydrogen) atoms. The van der Waals surface area contributed by atoms with Crippen molar-refractivity contribution in [2.45, 2.75) is 46.4 Å². The molecule has 0 aliphatic heterocycles. The lowest BCUT2D eigenvalue weighted by molar-refractivity contribution is 0.135. The van der Waals surface area contributed by atoms with Gasteiger partial charge in [-0.05, 0) is 31.4 Å². The number of pyridine rings is 1. The fraction of sp³-hybridized carbons (Fsp3) is 0.368. The number of carbonyl (C=O) groups excluding carboxylic acids is 1. The van der Waals surface area contributed by atoms with Crippen LogP contribution in [0.2, 0.25) is 0 Å². The van der Waals surface area contributed by atoms with Crippen LogP contribution in [0, 0.1) is 6.92 Å². The fourth-order valence-electron chi connectivity index (χ4n) is 2.46. The minimum atomic E-state index is -0.505. The van der Waals surface area contributed by atoms with E-state index in [0.717, 1.165) is 12.0 Å². The first-order chi connectivity index (χ1) is 11.9. The highest BCUT2D eigenvalue weighted by molar-refractivity contribution is 5.67. The SMILES string of the molecule is CCc1ccc(COC(=O)N[C@@H](C)Cn2ccc(=O)c(O)c2C)cc1. The molecule has 0 aliphatic rings. The minimum absolute atomic E-state index is 0.209. The van der Waals surface area contributed by atoms with Crippen molar-refractivity contribution in [2.75, 3.05) is 0 Å². The van der Waals surface area contributed by atoms with Gasteiger partial charge >= 0.3 is 6.09 Å². The largest absolute Gasteiger partial charge is 0.503 e. The van der Waals surface area contributed by atoms with E-state index in [0.29, 0.717) is 12.2 Å². The van der Waals surface area contributed by atoms with Crippen LogP contribution in [0.3, 0.4) is 0 Å². The Morgan fingerprint density at radius 3 is 2.52 bits per heavy atom. The Labute approximate surface area is 147 Å². The maximum absolute atomic E-state index is 11.9. The van der Waals surface area contributed by atoms with Gasteiger partial charge < -0.3 is 19.7 Å². The average molecular weight is 344 g/mol. The van der Waals surface area contributed by atoms with Crippen LogP contribution in [0.25, 0.3) is 0 Å². The second kappa shape index (κ2) is 8.37. The summed E-state index contributed by atoms with van der Waals surface area (Å²) in [5.41, 5.74) is 2.22. The molecule has 2 aromatic rings. The van der Waals surface area contributed by atoms with Crippen molar-refractivity contribution >= 4 is 6.09 Å². The third kappa shape index (κ3) is 5.11. The Morgan fingerprint density at radius 1 is 1.24 bits per heavy atom. The van der Waals surface area contributed by atoms with Gasteiger partial charge in [-0.25, -0.2) is 4.79 Å². The molecule has 0 fully saturated rings. The van der Waals surface area contributed by atoms with Crippen LogP contribution in [-0.4, -0.2) is 21.8 Å². The topological polar surface area (TPSA) is 80.6 Å². The summed E-state index contributed by atoms with van der Waals surface area (Å²) in [7, 11) is 0. The highest BCUT2D eigenvalue weighted by Crippen LogP contribution is 2.10. The van der Waals surface area contributed by atoms with Gasteiger partial charge in [-0.1, -0.05) is 31.2 Å². The summed E-state index contributed by atoms with van der Waals surface area (Å²) in [6.45, 7) is 6.19. The maximum Gasteiger partial charge on any atom is 0.407 e. The van der Waals surface area contributed by atoms with Crippen LogP contribution in [0.15, 0.2) is 41.3 Å². The first-order valence-electron chi connectivity index (χ1n) is 8.30. The quantitative estimate of drug-likeness (QED) is 0.844. The monoisotopic (exact) mass is 344 g/mol. The summed E-state index contributed by atoms with van der Waals surface area (Å²) in [6.07, 6.45) is 2.06. The van der Waals surface area contributed by atoms with E-state index in [1.165, 1.54) is 11.6 Å². The zero-order valence-corrected chi connectivity index (χ0v) is 14.8. The second-order valence-corrected chi connectivity index (χ2v) is 6.06. The number of hydrogen-bond donors (Lipinski definition) is 2. The second-order valence-electron chi connectivity index (χ2n) is 6.06. The molecule has 0 spiro atoms. The lowest BCUT2D eigenvalue weighted by Gasteiger charge is -2.18. The molecule has 2 rings (SSSR count). The number of benzene rings is 1. The highest BCUT2D eigenvalue weighted by Gasteiger charge is 2.12. The number of nitrogens with zero attached hydrogens (tertiary/aromatic N) is 1. The van der Waals surface area contributed by atoms with Crippen LogP contribution >= 0.6 is 0 Å². The first-order valence-corrected chi connectivity index (χ1v) is 8.30. The average Bonchev–Trinajstić information content (AvgIpc) is 2.61. The Morgan fingerprint density at radius 2 is 1.88 bits per heavy atom. The van der Waals surface area contributed by atoms with Gasteiger partial charge in [-0.15, -0.1) is 0 Å². The van der Waals surface area contributed by atoms with E-state index in [1.54, 1.807) is 17.7 Å². The number of ether oxygens (including phenoxy) is 1. The third-order valence-electron chi connectivity index (χ3n) is 4.05. The molecule has 1 atom stereocenters. The van der Waals surface area contributed by atoms with E-state index in [1.807, 2.05) is 31.2 Å². The van der Waals surface area contributed by atoms with Crippen molar-refractivity contribution in [1.29, 1.82) is 0 Å². The van der Waals surface area contributed by atoms with E-state index in [4.69, 9.17) is 4.74 Å². The zero-order chi connectivity index (χ0) is 18.4. The van der Waals surface area contributed by atoms with E-state index in [9.17, 15) is 14.7 Å². The standard InChI is InChI=1S/C19H24N2O4/c1-4-15-5-7-16(8-6-15)12-25-19(24)20-13(2)11-21-10-9-17(22)18(23)14(21)3/h5-10,13,23H,4,11-12H2,1-3H3,(H,20,24)/t13-/m0/s1. The van der Waals surface area contributed by atoms with Gasteiger partial charge in [0.05, 0.1) is 5.69 Å². The van der Waals surface area contributed by atoms with Gasteiger partial charge in [-0.3, -0.25) is 4.79 Å². The van der Waals surface area contributed by atoms with E-state index in [2.05, 4.69) is 12.2 Å². The number of carbonyl (C=O) groups is 1. The maximum atomic E-state index is 11.9. The van der Waals surface area contributed by atoms with E-state index >= 15 is 0 Å². The van der Waals surface area contributed by atoms with Crippen molar-refractivity contribution in [1.82, 2.24) is 9.88 Å². The summed E-state index contributed by atoms with van der Waals surface area (Å²) < 4.78 is 6.94. The molecule has 0 unspecified atom stereocenters. The molecular formula is C19H24N2O4. The summed E-state index contributed by atoms with van der Waals surface area (Å²) >= 11 is 0. The Hall–Kier alpha value is -2.76. The molecule has 6 heteroatoms. The molecule has 0 radical (unpaired) electrons.